The van der Waals surface area contributed by atoms with Crippen LogP contribution in [-0.2, 0) is 14.3 Å². The molecule has 0 fully saturated rings. The maximum absolute atomic E-state index is 11.9. The van der Waals surface area contributed by atoms with E-state index in [-0.39, 0.29) is 18.6 Å². The quantitative estimate of drug-likeness (QED) is 0.582. The second-order valence-electron chi connectivity index (χ2n) is 5.67. The Hall–Kier alpha value is -2.40. The molecular weight excluding hydrogens is 382 g/mol. The molecule has 0 aliphatic carbocycles. The van der Waals surface area contributed by atoms with Gasteiger partial charge in [-0.05, 0) is 42.7 Å². The smallest absolute Gasteiger partial charge is 0.331 e. The van der Waals surface area contributed by atoms with E-state index < -0.39 is 5.97 Å². The van der Waals surface area contributed by atoms with Gasteiger partial charge in [0.05, 0.1) is 6.04 Å². The molecule has 1 N–H and O–H groups in total. The fraction of sp³-hybridized carbons (Fsp3) is 0.200. The average Bonchev–Trinajstić information content (AvgIpc) is 2.60. The van der Waals surface area contributed by atoms with Gasteiger partial charge in [-0.3, -0.25) is 4.79 Å². The molecule has 5 heteroatoms. The normalized spacial score (nSPS) is 12.0. The van der Waals surface area contributed by atoms with Gasteiger partial charge in [-0.2, -0.15) is 0 Å². The van der Waals surface area contributed by atoms with E-state index >= 15 is 0 Å². The van der Waals surface area contributed by atoms with E-state index in [1.807, 2.05) is 62.4 Å². The lowest BCUT2D eigenvalue weighted by Crippen LogP contribution is -2.30. The number of carbonyl (C=O) groups is 2. The van der Waals surface area contributed by atoms with Crippen LogP contribution in [0.25, 0.3) is 6.08 Å². The Morgan fingerprint density at radius 1 is 1.20 bits per heavy atom. The number of nitrogens with one attached hydrogen (secondary N) is 1. The monoisotopic (exact) mass is 401 g/mol. The third-order valence-electron chi connectivity index (χ3n) is 3.58. The van der Waals surface area contributed by atoms with Crippen molar-refractivity contribution in [2.75, 3.05) is 6.61 Å². The maximum atomic E-state index is 11.9. The van der Waals surface area contributed by atoms with Crippen LogP contribution in [0.3, 0.4) is 0 Å². The molecular formula is C20H20BrNO3. The highest BCUT2D eigenvalue weighted by atomic mass is 79.9. The van der Waals surface area contributed by atoms with Gasteiger partial charge in [0.25, 0.3) is 5.91 Å². The van der Waals surface area contributed by atoms with Gasteiger partial charge < -0.3 is 10.1 Å². The summed E-state index contributed by atoms with van der Waals surface area (Å²) >= 11 is 3.44. The fourth-order valence-corrected chi connectivity index (χ4v) is 2.84. The van der Waals surface area contributed by atoms with E-state index in [1.165, 1.54) is 6.08 Å². The number of hydrogen-bond donors (Lipinski definition) is 1. The highest BCUT2D eigenvalue weighted by Crippen LogP contribution is 2.19. The average molecular weight is 402 g/mol. The molecule has 0 heterocycles. The minimum atomic E-state index is -0.560. The molecule has 130 valence electrons. The molecule has 1 amide bonds. The highest BCUT2D eigenvalue weighted by Gasteiger charge is 2.10. The highest BCUT2D eigenvalue weighted by molar-refractivity contribution is 9.10. The summed E-state index contributed by atoms with van der Waals surface area (Å²) in [6, 6.07) is 15.3. The lowest BCUT2D eigenvalue weighted by Gasteiger charge is -2.13. The predicted octanol–water partition coefficient (Wildman–Crippen LogP) is 4.19. The third-order valence-corrected chi connectivity index (χ3v) is 4.26. The minimum absolute atomic E-state index is 0.147. The molecule has 0 aliphatic rings. The summed E-state index contributed by atoms with van der Waals surface area (Å²) in [6.07, 6.45) is 2.96. The van der Waals surface area contributed by atoms with Crippen molar-refractivity contribution < 1.29 is 14.3 Å². The first-order valence-electron chi connectivity index (χ1n) is 7.91. The number of amides is 1. The van der Waals surface area contributed by atoms with Crippen molar-refractivity contribution in [1.82, 2.24) is 5.32 Å². The molecule has 0 unspecified atom stereocenters. The number of halogens is 1. The Morgan fingerprint density at radius 3 is 2.60 bits per heavy atom. The van der Waals surface area contributed by atoms with E-state index in [4.69, 9.17) is 4.74 Å². The Morgan fingerprint density at radius 2 is 1.92 bits per heavy atom. The van der Waals surface area contributed by atoms with Crippen molar-refractivity contribution in [3.05, 3.63) is 75.8 Å². The molecule has 0 saturated heterocycles. The Kier molecular flexibility index (Phi) is 6.95. The first-order chi connectivity index (χ1) is 12.0. The van der Waals surface area contributed by atoms with Crippen LogP contribution in [0.2, 0.25) is 0 Å². The van der Waals surface area contributed by atoms with Gasteiger partial charge in [0, 0.05) is 10.5 Å². The van der Waals surface area contributed by atoms with Crippen LogP contribution in [0.15, 0.2) is 59.1 Å². The first-order valence-corrected chi connectivity index (χ1v) is 8.70. The lowest BCUT2D eigenvalue weighted by molar-refractivity contribution is -0.144. The van der Waals surface area contributed by atoms with Crippen LogP contribution in [0.4, 0.5) is 0 Å². The second kappa shape index (κ2) is 9.18. The van der Waals surface area contributed by atoms with Crippen LogP contribution >= 0.6 is 15.9 Å². The van der Waals surface area contributed by atoms with Crippen molar-refractivity contribution in [3.63, 3.8) is 0 Å². The lowest BCUT2D eigenvalue weighted by atomic mass is 10.1. The van der Waals surface area contributed by atoms with Gasteiger partial charge in [-0.1, -0.05) is 58.4 Å². The Balaban J connectivity index is 1.81. The number of aryl methyl sites for hydroxylation is 1. The van der Waals surface area contributed by atoms with E-state index in [0.717, 1.165) is 21.2 Å². The second-order valence-corrected chi connectivity index (χ2v) is 6.52. The summed E-state index contributed by atoms with van der Waals surface area (Å²) in [5.41, 5.74) is 2.98. The molecule has 25 heavy (non-hydrogen) atoms. The van der Waals surface area contributed by atoms with Crippen molar-refractivity contribution in [1.29, 1.82) is 0 Å². The molecule has 0 aliphatic heterocycles. The van der Waals surface area contributed by atoms with E-state index in [2.05, 4.69) is 21.2 Å². The van der Waals surface area contributed by atoms with E-state index in [9.17, 15) is 9.59 Å². The molecule has 0 radical (unpaired) electrons. The third kappa shape index (κ3) is 6.19. The van der Waals surface area contributed by atoms with Crippen LogP contribution < -0.4 is 5.32 Å². The van der Waals surface area contributed by atoms with Crippen LogP contribution in [0.5, 0.6) is 0 Å². The number of ether oxygens (including phenoxy) is 1. The van der Waals surface area contributed by atoms with Gasteiger partial charge in [0.15, 0.2) is 6.61 Å². The van der Waals surface area contributed by atoms with Gasteiger partial charge in [0.1, 0.15) is 0 Å². The maximum Gasteiger partial charge on any atom is 0.331 e. The van der Waals surface area contributed by atoms with Crippen molar-refractivity contribution >= 4 is 33.9 Å². The summed E-state index contributed by atoms with van der Waals surface area (Å²) in [4.78, 5) is 23.6. The van der Waals surface area contributed by atoms with Crippen LogP contribution in [0, 0.1) is 6.92 Å². The zero-order valence-corrected chi connectivity index (χ0v) is 15.7. The zero-order chi connectivity index (χ0) is 18.2. The van der Waals surface area contributed by atoms with E-state index in [0.29, 0.717) is 0 Å². The summed E-state index contributed by atoms with van der Waals surface area (Å²) in [6.45, 7) is 3.56. The Labute approximate surface area is 156 Å². The van der Waals surface area contributed by atoms with Crippen molar-refractivity contribution in [2.45, 2.75) is 19.9 Å². The molecule has 0 saturated carbocycles. The number of esters is 1. The van der Waals surface area contributed by atoms with E-state index in [1.54, 1.807) is 6.08 Å². The van der Waals surface area contributed by atoms with Crippen LogP contribution in [0.1, 0.15) is 29.7 Å². The summed E-state index contributed by atoms with van der Waals surface area (Å²) in [5, 5.41) is 2.79. The van der Waals surface area contributed by atoms with Gasteiger partial charge >= 0.3 is 5.97 Å². The number of benzene rings is 2. The van der Waals surface area contributed by atoms with Crippen LogP contribution in [-0.4, -0.2) is 18.5 Å². The summed E-state index contributed by atoms with van der Waals surface area (Å²) in [7, 11) is 0. The first kappa shape index (κ1) is 18.9. The predicted molar refractivity (Wildman–Crippen MR) is 102 cm³/mol. The van der Waals surface area contributed by atoms with Gasteiger partial charge in [0.2, 0.25) is 0 Å². The minimum Gasteiger partial charge on any atom is -0.452 e. The summed E-state index contributed by atoms with van der Waals surface area (Å²) in [5.74, 6) is -0.899. The number of carbonyl (C=O) groups excluding carboxylic acids is 2. The molecule has 1 atom stereocenters. The van der Waals surface area contributed by atoms with Gasteiger partial charge in [-0.15, -0.1) is 0 Å². The zero-order valence-electron chi connectivity index (χ0n) is 14.2. The molecule has 0 bridgehead atoms. The molecule has 0 aromatic heterocycles. The molecule has 2 aromatic carbocycles. The van der Waals surface area contributed by atoms with Crippen molar-refractivity contribution in [3.8, 4) is 0 Å². The van der Waals surface area contributed by atoms with Crippen molar-refractivity contribution in [2.24, 2.45) is 0 Å². The number of rotatable bonds is 6. The standard InChI is InChI=1S/C20H20BrNO3/c1-14-8-9-17(18(21)12-14)10-11-20(24)25-13-19(23)22-15(2)16-6-4-3-5-7-16/h3-12,15H,13H2,1-2H3,(H,22,23)/b11-10+/t15-/m1/s1. The molecule has 4 nitrogen and oxygen atoms in total. The number of hydrogen-bond acceptors (Lipinski definition) is 3. The summed E-state index contributed by atoms with van der Waals surface area (Å²) < 4.78 is 5.87. The Bertz CT molecular complexity index is 772. The fourth-order valence-electron chi connectivity index (χ4n) is 2.22. The SMILES string of the molecule is Cc1ccc(/C=C/C(=O)OCC(=O)N[C@H](C)c2ccccc2)c(Br)c1. The largest absolute Gasteiger partial charge is 0.452 e. The molecule has 0 spiro atoms. The van der Waals surface area contributed by atoms with Gasteiger partial charge in [-0.25, -0.2) is 4.79 Å². The molecule has 2 aromatic rings. The topological polar surface area (TPSA) is 55.4 Å². The molecule has 2 rings (SSSR count).